The molecule has 24 heavy (non-hydrogen) atoms. The van der Waals surface area contributed by atoms with E-state index in [-0.39, 0.29) is 29.8 Å². The molecule has 128 valence electrons. The number of hydrogen-bond acceptors (Lipinski definition) is 2. The van der Waals surface area contributed by atoms with Gasteiger partial charge in [0.25, 0.3) is 0 Å². The lowest BCUT2D eigenvalue weighted by atomic mass is 10.2. The molecule has 1 aliphatic carbocycles. The maximum Gasteiger partial charge on any atom is 0.191 e. The molecule has 0 amide bonds. The van der Waals surface area contributed by atoms with Gasteiger partial charge in [0.2, 0.25) is 0 Å². The fourth-order valence-corrected chi connectivity index (χ4v) is 2.93. The van der Waals surface area contributed by atoms with E-state index in [9.17, 15) is 4.39 Å². The molecule has 1 fully saturated rings. The fourth-order valence-electron chi connectivity index (χ4n) is 2.12. The second-order valence-electron chi connectivity index (χ2n) is 5.54. The van der Waals surface area contributed by atoms with Crippen LogP contribution in [-0.2, 0) is 6.54 Å². The Hall–Kier alpha value is -1.28. The van der Waals surface area contributed by atoms with Gasteiger partial charge in [-0.3, -0.25) is 4.99 Å². The molecule has 2 N–H and O–H groups in total. The van der Waals surface area contributed by atoms with E-state index < -0.39 is 0 Å². The van der Waals surface area contributed by atoms with Crippen LogP contribution in [0, 0.1) is 5.82 Å². The average molecular weight is 457 g/mol. The van der Waals surface area contributed by atoms with Crippen molar-refractivity contribution in [1.82, 2.24) is 10.6 Å². The number of benzene rings is 2. The number of guanidine groups is 1. The van der Waals surface area contributed by atoms with Crippen LogP contribution in [0.3, 0.4) is 0 Å². The summed E-state index contributed by atoms with van der Waals surface area (Å²) in [6.07, 6.45) is 2.46. The lowest BCUT2D eigenvalue weighted by molar-refractivity contribution is 0.626. The zero-order valence-corrected chi connectivity index (χ0v) is 16.6. The van der Waals surface area contributed by atoms with Crippen LogP contribution < -0.4 is 10.6 Å². The molecular formula is C18H21FIN3S. The van der Waals surface area contributed by atoms with Gasteiger partial charge >= 0.3 is 0 Å². The van der Waals surface area contributed by atoms with Crippen molar-refractivity contribution < 1.29 is 4.39 Å². The molecule has 6 heteroatoms. The Morgan fingerprint density at radius 3 is 2.21 bits per heavy atom. The van der Waals surface area contributed by atoms with E-state index in [1.54, 1.807) is 30.9 Å². The molecule has 1 aliphatic rings. The highest BCUT2D eigenvalue weighted by Crippen LogP contribution is 2.27. The molecule has 0 unspecified atom stereocenters. The number of halogens is 2. The third-order valence-corrected chi connectivity index (χ3v) is 4.59. The predicted octanol–water partition coefficient (Wildman–Crippen LogP) is 4.42. The van der Waals surface area contributed by atoms with Gasteiger partial charge in [-0.2, -0.15) is 0 Å². The molecular weight excluding hydrogens is 436 g/mol. The molecule has 0 atom stereocenters. The Morgan fingerprint density at radius 2 is 1.67 bits per heavy atom. The van der Waals surface area contributed by atoms with Crippen molar-refractivity contribution in [2.45, 2.75) is 35.2 Å². The topological polar surface area (TPSA) is 36.4 Å². The van der Waals surface area contributed by atoms with Crippen molar-refractivity contribution in [1.29, 1.82) is 0 Å². The first-order chi connectivity index (χ1) is 11.2. The van der Waals surface area contributed by atoms with Crippen molar-refractivity contribution in [3.63, 3.8) is 0 Å². The maximum atomic E-state index is 12.9. The number of nitrogens with one attached hydrogen (secondary N) is 2. The van der Waals surface area contributed by atoms with Gasteiger partial charge < -0.3 is 10.6 Å². The summed E-state index contributed by atoms with van der Waals surface area (Å²) in [5, 5.41) is 6.69. The molecule has 2 aromatic carbocycles. The summed E-state index contributed by atoms with van der Waals surface area (Å²) in [7, 11) is 1.79. The quantitative estimate of drug-likeness (QED) is 0.397. The second-order valence-corrected chi connectivity index (χ2v) is 6.69. The van der Waals surface area contributed by atoms with Crippen molar-refractivity contribution in [3.05, 3.63) is 59.9 Å². The normalized spacial score (nSPS) is 14.0. The number of rotatable bonds is 5. The van der Waals surface area contributed by atoms with Crippen LogP contribution in [-0.4, -0.2) is 19.0 Å². The molecule has 0 heterocycles. The lowest BCUT2D eigenvalue weighted by Crippen LogP contribution is -2.38. The van der Waals surface area contributed by atoms with E-state index >= 15 is 0 Å². The zero-order valence-electron chi connectivity index (χ0n) is 13.5. The van der Waals surface area contributed by atoms with Gasteiger partial charge in [0, 0.05) is 29.4 Å². The molecule has 2 aromatic rings. The highest BCUT2D eigenvalue weighted by molar-refractivity contribution is 14.0. The third-order valence-electron chi connectivity index (χ3n) is 3.57. The predicted molar refractivity (Wildman–Crippen MR) is 109 cm³/mol. The first kappa shape index (κ1) is 19.1. The molecule has 0 bridgehead atoms. The monoisotopic (exact) mass is 457 g/mol. The highest BCUT2D eigenvalue weighted by Gasteiger charge is 2.21. The summed E-state index contributed by atoms with van der Waals surface area (Å²) in [6, 6.07) is 15.5. The number of aliphatic imine (C=N–C) groups is 1. The summed E-state index contributed by atoms with van der Waals surface area (Å²) < 4.78 is 12.9. The van der Waals surface area contributed by atoms with Crippen LogP contribution in [0.15, 0.2) is 63.3 Å². The highest BCUT2D eigenvalue weighted by atomic mass is 127. The summed E-state index contributed by atoms with van der Waals surface area (Å²) >= 11 is 1.63. The fraction of sp³-hybridized carbons (Fsp3) is 0.278. The third kappa shape index (κ3) is 5.98. The van der Waals surface area contributed by atoms with Crippen LogP contribution in [0.5, 0.6) is 0 Å². The molecule has 3 nitrogen and oxygen atoms in total. The van der Waals surface area contributed by atoms with Crippen molar-refractivity contribution in [3.8, 4) is 0 Å². The lowest BCUT2D eigenvalue weighted by Gasteiger charge is -2.11. The SMILES string of the molecule is CN=C(NCc1ccc(Sc2ccc(F)cc2)cc1)NC1CC1.I. The molecule has 0 radical (unpaired) electrons. The number of nitrogens with zero attached hydrogens (tertiary/aromatic N) is 1. The van der Waals surface area contributed by atoms with E-state index in [4.69, 9.17) is 0 Å². The first-order valence-electron chi connectivity index (χ1n) is 7.72. The minimum Gasteiger partial charge on any atom is -0.354 e. The van der Waals surface area contributed by atoms with Gasteiger partial charge in [-0.05, 0) is 54.8 Å². The largest absolute Gasteiger partial charge is 0.354 e. The van der Waals surface area contributed by atoms with Crippen LogP contribution in [0.2, 0.25) is 0 Å². The summed E-state index contributed by atoms with van der Waals surface area (Å²) in [5.74, 6) is 0.654. The number of hydrogen-bond donors (Lipinski definition) is 2. The Balaban J connectivity index is 0.00000208. The van der Waals surface area contributed by atoms with Crippen molar-refractivity contribution >= 4 is 41.7 Å². The molecule has 0 spiro atoms. The van der Waals surface area contributed by atoms with Gasteiger partial charge in [0.1, 0.15) is 5.82 Å². The van der Waals surface area contributed by atoms with Crippen LogP contribution in [0.1, 0.15) is 18.4 Å². The molecule has 0 saturated heterocycles. The summed E-state index contributed by atoms with van der Waals surface area (Å²) in [6.45, 7) is 0.744. The zero-order chi connectivity index (χ0) is 16.1. The van der Waals surface area contributed by atoms with Crippen molar-refractivity contribution in [2.75, 3.05) is 7.05 Å². The average Bonchev–Trinajstić information content (AvgIpc) is 3.39. The van der Waals surface area contributed by atoms with Gasteiger partial charge in [0.15, 0.2) is 5.96 Å². The second kappa shape index (κ2) is 9.27. The van der Waals surface area contributed by atoms with E-state index in [0.717, 1.165) is 22.3 Å². The van der Waals surface area contributed by atoms with Gasteiger partial charge in [-0.15, -0.1) is 24.0 Å². The maximum absolute atomic E-state index is 12.9. The minimum absolute atomic E-state index is 0. The van der Waals surface area contributed by atoms with Crippen LogP contribution >= 0.6 is 35.7 Å². The van der Waals surface area contributed by atoms with Crippen molar-refractivity contribution in [2.24, 2.45) is 4.99 Å². The Bertz CT molecular complexity index is 670. The van der Waals surface area contributed by atoms with Crippen LogP contribution in [0.4, 0.5) is 4.39 Å². The van der Waals surface area contributed by atoms with E-state index in [1.807, 2.05) is 0 Å². The molecule has 3 rings (SSSR count). The first-order valence-corrected chi connectivity index (χ1v) is 8.54. The standard InChI is InChI=1S/C18H20FN3S.HI/c1-20-18(22-15-6-7-15)21-12-13-2-8-16(9-3-13)23-17-10-4-14(19)5-11-17;/h2-5,8-11,15H,6-7,12H2,1H3,(H2,20,21,22);1H. The van der Waals surface area contributed by atoms with Gasteiger partial charge in [0.05, 0.1) is 0 Å². The Labute approximate surface area is 163 Å². The summed E-state index contributed by atoms with van der Waals surface area (Å²) in [5.41, 5.74) is 1.20. The smallest absolute Gasteiger partial charge is 0.191 e. The molecule has 0 aromatic heterocycles. The minimum atomic E-state index is -0.205. The Morgan fingerprint density at radius 1 is 1.08 bits per heavy atom. The van der Waals surface area contributed by atoms with E-state index in [0.29, 0.717) is 6.04 Å². The van der Waals surface area contributed by atoms with Gasteiger partial charge in [-0.25, -0.2) is 4.39 Å². The van der Waals surface area contributed by atoms with Gasteiger partial charge in [-0.1, -0.05) is 23.9 Å². The van der Waals surface area contributed by atoms with E-state index in [2.05, 4.69) is 39.9 Å². The van der Waals surface area contributed by atoms with E-state index in [1.165, 1.54) is 30.5 Å². The molecule has 1 saturated carbocycles. The Kier molecular flexibility index (Phi) is 7.36. The molecule has 0 aliphatic heterocycles. The summed E-state index contributed by atoms with van der Waals surface area (Å²) in [4.78, 5) is 6.40. The van der Waals surface area contributed by atoms with Crippen LogP contribution in [0.25, 0.3) is 0 Å².